The Labute approximate surface area is 93.8 Å². The molecule has 2 N–H and O–H groups in total. The van der Waals surface area contributed by atoms with Crippen molar-refractivity contribution in [1.82, 2.24) is 0 Å². The van der Waals surface area contributed by atoms with Crippen LogP contribution in [0.15, 0.2) is 30.3 Å². The molecule has 0 aliphatic carbocycles. The highest BCUT2D eigenvalue weighted by atomic mass is 16.0. The summed E-state index contributed by atoms with van der Waals surface area (Å²) < 4.78 is 0. The predicted molar refractivity (Wildman–Crippen MR) is 67.2 cm³/mol. The molecule has 0 amide bonds. The first-order valence-electron chi connectivity index (χ1n) is 5.37. The Morgan fingerprint density at radius 2 is 1.33 bits per heavy atom. The van der Waals surface area contributed by atoms with Crippen LogP contribution in [0.1, 0.15) is 46.6 Å². The molecule has 0 fully saturated rings. The van der Waals surface area contributed by atoms with E-state index in [2.05, 4.69) is 65.0 Å². The molecule has 1 rings (SSSR count). The van der Waals surface area contributed by atoms with Crippen LogP contribution < -0.4 is 0 Å². The Bertz CT molecular complexity index is 280. The van der Waals surface area contributed by atoms with Crippen molar-refractivity contribution in [3.8, 4) is 0 Å². The molecule has 0 saturated carbocycles. The molecule has 1 nitrogen and oxygen atoms in total. The highest BCUT2D eigenvalue weighted by molar-refractivity contribution is 5.23. The predicted octanol–water partition coefficient (Wildman–Crippen LogP) is 3.58. The lowest BCUT2D eigenvalue weighted by Gasteiger charge is -2.32. The van der Waals surface area contributed by atoms with E-state index >= 15 is 0 Å². The maximum Gasteiger partial charge on any atom is -0.00986 e. The monoisotopic (exact) mass is 208 g/mol. The summed E-state index contributed by atoms with van der Waals surface area (Å²) in [6.45, 7) is 11.6. The second kappa shape index (κ2) is 4.80. The minimum Gasteiger partial charge on any atom is -0.412 e. The summed E-state index contributed by atoms with van der Waals surface area (Å²) in [5.74, 6) is 0. The van der Waals surface area contributed by atoms with Gasteiger partial charge in [-0.1, -0.05) is 65.0 Å². The summed E-state index contributed by atoms with van der Waals surface area (Å²) in [5, 5.41) is 0. The zero-order valence-electron chi connectivity index (χ0n) is 10.6. The maximum atomic E-state index is 2.33. The standard InChI is InChI=1S/C14H22.H2O/c1-13(2,3)11-14(4,5)12-9-7-6-8-10-12;/h6-10H,11H2,1-5H3;1H2. The first-order valence-corrected chi connectivity index (χ1v) is 5.37. The smallest absolute Gasteiger partial charge is 0.00986 e. The van der Waals surface area contributed by atoms with Crippen LogP contribution in [0.2, 0.25) is 0 Å². The Kier molecular flexibility index (Phi) is 4.54. The molecule has 0 saturated heterocycles. The Balaban J connectivity index is 0.00000196. The van der Waals surface area contributed by atoms with Crippen molar-refractivity contribution >= 4 is 0 Å². The molecule has 0 atom stereocenters. The van der Waals surface area contributed by atoms with Crippen LogP contribution in [0.25, 0.3) is 0 Å². The molecular formula is C14H24O. The number of hydrogen-bond donors (Lipinski definition) is 0. The zero-order valence-corrected chi connectivity index (χ0v) is 10.6. The molecule has 0 unspecified atom stereocenters. The van der Waals surface area contributed by atoms with E-state index in [1.54, 1.807) is 0 Å². The molecule has 1 heteroatoms. The van der Waals surface area contributed by atoms with Gasteiger partial charge in [0.2, 0.25) is 0 Å². The summed E-state index contributed by atoms with van der Waals surface area (Å²) in [6, 6.07) is 10.8. The lowest BCUT2D eigenvalue weighted by molar-refractivity contribution is 0.284. The molecule has 0 aliphatic heterocycles. The fourth-order valence-electron chi connectivity index (χ4n) is 2.32. The first-order chi connectivity index (χ1) is 6.31. The molecule has 86 valence electrons. The van der Waals surface area contributed by atoms with Gasteiger partial charge in [-0.25, -0.2) is 0 Å². The summed E-state index contributed by atoms with van der Waals surface area (Å²) >= 11 is 0. The average Bonchev–Trinajstić information content (AvgIpc) is 2.01. The summed E-state index contributed by atoms with van der Waals surface area (Å²) in [7, 11) is 0. The van der Waals surface area contributed by atoms with Crippen molar-refractivity contribution in [2.24, 2.45) is 5.41 Å². The zero-order chi connectivity index (χ0) is 10.8. The highest BCUT2D eigenvalue weighted by Crippen LogP contribution is 2.35. The number of hydrogen-bond acceptors (Lipinski definition) is 0. The van der Waals surface area contributed by atoms with Gasteiger partial charge in [0.15, 0.2) is 0 Å². The quantitative estimate of drug-likeness (QED) is 0.711. The van der Waals surface area contributed by atoms with Gasteiger partial charge in [0, 0.05) is 0 Å². The Hall–Kier alpha value is -0.820. The maximum absolute atomic E-state index is 2.33. The van der Waals surface area contributed by atoms with Gasteiger partial charge >= 0.3 is 0 Å². The molecule has 1 aromatic rings. The second-order valence-electron chi connectivity index (χ2n) is 5.99. The van der Waals surface area contributed by atoms with Gasteiger partial charge < -0.3 is 5.48 Å². The second-order valence-corrected chi connectivity index (χ2v) is 5.99. The van der Waals surface area contributed by atoms with E-state index in [-0.39, 0.29) is 10.9 Å². The van der Waals surface area contributed by atoms with Gasteiger partial charge in [-0.3, -0.25) is 0 Å². The summed E-state index contributed by atoms with van der Waals surface area (Å²) in [6.07, 6.45) is 1.21. The van der Waals surface area contributed by atoms with Crippen molar-refractivity contribution in [2.75, 3.05) is 0 Å². The van der Waals surface area contributed by atoms with Gasteiger partial charge in [-0.2, -0.15) is 0 Å². The lowest BCUT2D eigenvalue weighted by Crippen LogP contribution is -2.24. The molecule has 0 bridgehead atoms. The van der Waals surface area contributed by atoms with Crippen LogP contribution >= 0.6 is 0 Å². The van der Waals surface area contributed by atoms with Gasteiger partial charge in [-0.15, -0.1) is 0 Å². The van der Waals surface area contributed by atoms with Crippen LogP contribution in [0.4, 0.5) is 0 Å². The van der Waals surface area contributed by atoms with E-state index in [9.17, 15) is 0 Å². The minimum absolute atomic E-state index is 0. The van der Waals surface area contributed by atoms with Crippen molar-refractivity contribution in [3.05, 3.63) is 35.9 Å². The molecule has 0 heterocycles. The van der Waals surface area contributed by atoms with Crippen molar-refractivity contribution in [3.63, 3.8) is 0 Å². The topological polar surface area (TPSA) is 31.5 Å². The Morgan fingerprint density at radius 3 is 1.73 bits per heavy atom. The lowest BCUT2D eigenvalue weighted by atomic mass is 9.72. The van der Waals surface area contributed by atoms with Crippen molar-refractivity contribution in [1.29, 1.82) is 0 Å². The summed E-state index contributed by atoms with van der Waals surface area (Å²) in [4.78, 5) is 0. The van der Waals surface area contributed by atoms with E-state index in [4.69, 9.17) is 0 Å². The van der Waals surface area contributed by atoms with Crippen LogP contribution in [-0.4, -0.2) is 5.48 Å². The molecule has 0 radical (unpaired) electrons. The number of benzene rings is 1. The average molecular weight is 208 g/mol. The van der Waals surface area contributed by atoms with E-state index in [1.165, 1.54) is 12.0 Å². The number of rotatable bonds is 2. The SMILES string of the molecule is CC(C)(C)CC(C)(C)c1ccccc1.O. The summed E-state index contributed by atoms with van der Waals surface area (Å²) in [5.41, 5.74) is 2.11. The van der Waals surface area contributed by atoms with Crippen molar-refractivity contribution < 1.29 is 5.48 Å². The minimum atomic E-state index is 0. The molecule has 0 aliphatic rings. The molecule has 0 spiro atoms. The van der Waals surface area contributed by atoms with Crippen LogP contribution in [0, 0.1) is 5.41 Å². The van der Waals surface area contributed by atoms with Gasteiger partial charge in [0.25, 0.3) is 0 Å². The largest absolute Gasteiger partial charge is 0.412 e. The third-order valence-corrected chi connectivity index (χ3v) is 2.53. The molecule has 1 aromatic carbocycles. The third-order valence-electron chi connectivity index (χ3n) is 2.53. The van der Waals surface area contributed by atoms with Gasteiger partial charge in [-0.05, 0) is 22.8 Å². The normalized spacial score (nSPS) is 12.1. The van der Waals surface area contributed by atoms with Gasteiger partial charge in [0.05, 0.1) is 0 Å². The van der Waals surface area contributed by atoms with E-state index in [0.29, 0.717) is 5.41 Å². The molecular weight excluding hydrogens is 184 g/mol. The van der Waals surface area contributed by atoms with E-state index in [1.807, 2.05) is 0 Å². The fourth-order valence-corrected chi connectivity index (χ4v) is 2.32. The fraction of sp³-hybridized carbons (Fsp3) is 0.571. The third kappa shape index (κ3) is 4.48. The van der Waals surface area contributed by atoms with Gasteiger partial charge in [0.1, 0.15) is 0 Å². The Morgan fingerprint density at radius 1 is 0.867 bits per heavy atom. The molecule has 15 heavy (non-hydrogen) atoms. The molecule has 0 aromatic heterocycles. The van der Waals surface area contributed by atoms with Crippen LogP contribution in [0.5, 0.6) is 0 Å². The van der Waals surface area contributed by atoms with Crippen molar-refractivity contribution in [2.45, 2.75) is 46.5 Å². The highest BCUT2D eigenvalue weighted by Gasteiger charge is 2.26. The van der Waals surface area contributed by atoms with E-state index in [0.717, 1.165) is 0 Å². The van der Waals surface area contributed by atoms with E-state index < -0.39 is 0 Å². The van der Waals surface area contributed by atoms with Crippen LogP contribution in [0.3, 0.4) is 0 Å². The van der Waals surface area contributed by atoms with Crippen LogP contribution in [-0.2, 0) is 5.41 Å². The first kappa shape index (κ1) is 14.2.